The minimum atomic E-state index is -3.90. The highest BCUT2D eigenvalue weighted by atomic mass is 32.2. The van der Waals surface area contributed by atoms with Gasteiger partial charge in [-0.05, 0) is 26.0 Å². The van der Waals surface area contributed by atoms with E-state index in [0.29, 0.717) is 11.5 Å². The molecule has 0 aliphatic carbocycles. The number of anilines is 1. The lowest BCUT2D eigenvalue weighted by Crippen LogP contribution is -2.32. The van der Waals surface area contributed by atoms with E-state index in [0.717, 1.165) is 17.4 Å². The molecule has 0 spiro atoms. The van der Waals surface area contributed by atoms with Crippen LogP contribution in [0.25, 0.3) is 5.69 Å². The van der Waals surface area contributed by atoms with Gasteiger partial charge in [0.1, 0.15) is 17.3 Å². The summed E-state index contributed by atoms with van der Waals surface area (Å²) in [5.41, 5.74) is 2.54. The Morgan fingerprint density at radius 3 is 2.52 bits per heavy atom. The van der Waals surface area contributed by atoms with Gasteiger partial charge in [0.2, 0.25) is 10.0 Å². The smallest absolute Gasteiger partial charge is 0.321 e. The molecule has 2 heterocycles. The number of carbonyl (C=O) groups is 2. The van der Waals surface area contributed by atoms with Crippen LogP contribution in [0, 0.1) is 13.8 Å². The maximum atomic E-state index is 12.2. The van der Waals surface area contributed by atoms with Gasteiger partial charge in [-0.15, -0.1) is 0 Å². The summed E-state index contributed by atoms with van der Waals surface area (Å²) < 4.78 is 34.0. The molecule has 0 saturated carbocycles. The summed E-state index contributed by atoms with van der Waals surface area (Å²) in [6.45, 7) is 2.55. The summed E-state index contributed by atoms with van der Waals surface area (Å²) in [6, 6.07) is 9.26. The zero-order valence-electron chi connectivity index (χ0n) is 17.2. The molecule has 2 N–H and O–H groups in total. The average molecular weight is 446 g/mol. The minimum Gasteiger partial charge on any atom is -0.455 e. The van der Waals surface area contributed by atoms with E-state index in [-0.39, 0.29) is 4.90 Å². The van der Waals surface area contributed by atoms with E-state index in [4.69, 9.17) is 4.74 Å². The first-order chi connectivity index (χ1) is 14.6. The summed E-state index contributed by atoms with van der Waals surface area (Å²) in [5, 5.41) is 10.8. The molecule has 0 unspecified atom stereocenters. The van der Waals surface area contributed by atoms with Crippen molar-refractivity contribution >= 4 is 27.7 Å². The van der Waals surface area contributed by atoms with E-state index in [9.17, 15) is 18.0 Å². The molecule has 31 heavy (non-hydrogen) atoms. The van der Waals surface area contributed by atoms with Crippen LogP contribution in [0.4, 0.5) is 5.82 Å². The molecule has 2 aromatic heterocycles. The number of rotatable bonds is 8. The predicted octanol–water partition coefficient (Wildman–Crippen LogP) is 0.683. The van der Waals surface area contributed by atoms with Crippen molar-refractivity contribution in [3.63, 3.8) is 0 Å². The highest BCUT2D eigenvalue weighted by Crippen LogP contribution is 2.17. The maximum Gasteiger partial charge on any atom is 0.321 e. The van der Waals surface area contributed by atoms with Crippen LogP contribution in [0.1, 0.15) is 11.3 Å². The number of amides is 1. The van der Waals surface area contributed by atoms with E-state index >= 15 is 0 Å². The Labute approximate surface area is 179 Å². The van der Waals surface area contributed by atoms with E-state index in [2.05, 4.69) is 20.2 Å². The second kappa shape index (κ2) is 9.10. The molecule has 11 nitrogen and oxygen atoms in total. The number of hydrogen-bond donors (Lipinski definition) is 2. The van der Waals surface area contributed by atoms with Crippen molar-refractivity contribution in [2.24, 2.45) is 7.05 Å². The van der Waals surface area contributed by atoms with Gasteiger partial charge in [0.05, 0.1) is 17.6 Å². The second-order valence-corrected chi connectivity index (χ2v) is 8.57. The number of sulfonamides is 1. The number of nitrogens with one attached hydrogen (secondary N) is 2. The van der Waals surface area contributed by atoms with Crippen molar-refractivity contribution in [1.82, 2.24) is 24.3 Å². The van der Waals surface area contributed by atoms with Crippen molar-refractivity contribution in [1.29, 1.82) is 0 Å². The second-order valence-electron chi connectivity index (χ2n) is 6.80. The van der Waals surface area contributed by atoms with Crippen LogP contribution in [0.15, 0.2) is 47.6 Å². The molecule has 0 aliphatic rings. The number of hydrogen-bond acceptors (Lipinski definition) is 7. The number of aromatic nitrogens is 4. The standard InChI is InChI=1S/C19H22N6O5S/c1-13-4-6-15(7-5-13)25-17(8-14(2)23-25)22-18(26)12-30-19(27)10-21-31(28,29)16-9-20-24(3)11-16/h4-9,11,21H,10,12H2,1-3H3,(H,22,26). The summed E-state index contributed by atoms with van der Waals surface area (Å²) in [7, 11) is -2.34. The Balaban J connectivity index is 1.53. The van der Waals surface area contributed by atoms with Crippen LogP contribution in [0.3, 0.4) is 0 Å². The van der Waals surface area contributed by atoms with Gasteiger partial charge in [-0.3, -0.25) is 14.3 Å². The number of aryl methyl sites for hydroxylation is 3. The normalized spacial score (nSPS) is 11.3. The van der Waals surface area contributed by atoms with E-state index < -0.39 is 35.1 Å². The molecule has 0 atom stereocenters. The molecule has 1 aromatic carbocycles. The Hall–Kier alpha value is -3.51. The lowest BCUT2D eigenvalue weighted by atomic mass is 10.2. The van der Waals surface area contributed by atoms with Crippen molar-refractivity contribution in [2.75, 3.05) is 18.5 Å². The van der Waals surface area contributed by atoms with E-state index in [1.165, 1.54) is 10.9 Å². The molecule has 0 radical (unpaired) electrons. The maximum absolute atomic E-state index is 12.2. The Kier molecular flexibility index (Phi) is 6.51. The first-order valence-electron chi connectivity index (χ1n) is 9.21. The third-order valence-corrected chi connectivity index (χ3v) is 5.50. The Morgan fingerprint density at radius 1 is 1.16 bits per heavy atom. The van der Waals surface area contributed by atoms with Crippen molar-refractivity contribution < 1.29 is 22.7 Å². The first-order valence-corrected chi connectivity index (χ1v) is 10.7. The monoisotopic (exact) mass is 446 g/mol. The number of esters is 1. The van der Waals surface area contributed by atoms with Gasteiger partial charge < -0.3 is 10.1 Å². The molecular weight excluding hydrogens is 424 g/mol. The molecular formula is C19H22N6O5S. The molecule has 3 rings (SSSR count). The number of carbonyl (C=O) groups excluding carboxylic acids is 2. The van der Waals surface area contributed by atoms with Crippen molar-refractivity contribution in [2.45, 2.75) is 18.7 Å². The molecule has 0 fully saturated rings. The van der Waals surface area contributed by atoms with Gasteiger partial charge in [0, 0.05) is 19.3 Å². The van der Waals surface area contributed by atoms with Crippen LogP contribution >= 0.6 is 0 Å². The summed E-state index contributed by atoms with van der Waals surface area (Å²) >= 11 is 0. The lowest BCUT2D eigenvalue weighted by molar-refractivity contribution is -0.146. The van der Waals surface area contributed by atoms with Gasteiger partial charge in [0.25, 0.3) is 5.91 Å². The molecule has 0 aliphatic heterocycles. The number of nitrogens with zero attached hydrogens (tertiary/aromatic N) is 4. The summed E-state index contributed by atoms with van der Waals surface area (Å²) in [4.78, 5) is 24.0. The Morgan fingerprint density at radius 2 is 1.87 bits per heavy atom. The van der Waals surface area contributed by atoms with Crippen LogP contribution in [-0.4, -0.2) is 53.0 Å². The first kappa shape index (κ1) is 22.2. The summed E-state index contributed by atoms with van der Waals surface area (Å²) in [6.07, 6.45) is 2.45. The molecule has 164 valence electrons. The summed E-state index contributed by atoms with van der Waals surface area (Å²) in [5.74, 6) is -1.07. The zero-order chi connectivity index (χ0) is 22.6. The number of benzene rings is 1. The minimum absolute atomic E-state index is 0.0831. The lowest BCUT2D eigenvalue weighted by Gasteiger charge is -2.10. The van der Waals surface area contributed by atoms with Gasteiger partial charge in [0.15, 0.2) is 6.61 Å². The fourth-order valence-electron chi connectivity index (χ4n) is 2.62. The highest BCUT2D eigenvalue weighted by molar-refractivity contribution is 7.89. The molecule has 12 heteroatoms. The zero-order valence-corrected chi connectivity index (χ0v) is 18.0. The third-order valence-electron chi connectivity index (χ3n) is 4.14. The largest absolute Gasteiger partial charge is 0.455 e. The average Bonchev–Trinajstić information content (AvgIpc) is 3.31. The van der Waals surface area contributed by atoms with Crippen LogP contribution in [-0.2, 0) is 31.4 Å². The van der Waals surface area contributed by atoms with Crippen molar-refractivity contribution in [3.05, 3.63) is 54.0 Å². The van der Waals surface area contributed by atoms with Crippen LogP contribution in [0.2, 0.25) is 0 Å². The quantitative estimate of drug-likeness (QED) is 0.486. The molecule has 3 aromatic rings. The fourth-order valence-corrected chi connectivity index (χ4v) is 3.57. The molecule has 0 bridgehead atoms. The van der Waals surface area contributed by atoms with E-state index in [1.807, 2.05) is 31.2 Å². The van der Waals surface area contributed by atoms with Gasteiger partial charge in [-0.1, -0.05) is 17.7 Å². The molecule has 0 saturated heterocycles. The van der Waals surface area contributed by atoms with Crippen LogP contribution in [0.5, 0.6) is 0 Å². The van der Waals surface area contributed by atoms with Gasteiger partial charge in [-0.2, -0.15) is 14.9 Å². The fraction of sp³-hybridized carbons (Fsp3) is 0.263. The number of ether oxygens (including phenoxy) is 1. The predicted molar refractivity (Wildman–Crippen MR) is 111 cm³/mol. The van der Waals surface area contributed by atoms with E-state index in [1.54, 1.807) is 24.7 Å². The van der Waals surface area contributed by atoms with Gasteiger partial charge >= 0.3 is 5.97 Å². The third kappa shape index (κ3) is 5.77. The molecule has 1 amide bonds. The van der Waals surface area contributed by atoms with Crippen molar-refractivity contribution in [3.8, 4) is 5.69 Å². The topological polar surface area (TPSA) is 137 Å². The highest BCUT2D eigenvalue weighted by Gasteiger charge is 2.18. The van der Waals surface area contributed by atoms with Gasteiger partial charge in [-0.25, -0.2) is 13.1 Å². The van der Waals surface area contributed by atoms with Crippen LogP contribution < -0.4 is 10.0 Å². The Bertz CT molecular complexity index is 1200. The SMILES string of the molecule is Cc1ccc(-n2nc(C)cc2NC(=O)COC(=O)CNS(=O)(=O)c2cnn(C)c2)cc1.